The highest BCUT2D eigenvalue weighted by Crippen LogP contribution is 2.29. The first-order valence-corrected chi connectivity index (χ1v) is 11.7. The lowest BCUT2D eigenvalue weighted by molar-refractivity contribution is -0.122. The lowest BCUT2D eigenvalue weighted by Crippen LogP contribution is -2.50. The molecule has 1 saturated heterocycles. The Morgan fingerprint density at radius 1 is 1.00 bits per heavy atom. The summed E-state index contributed by atoms with van der Waals surface area (Å²) < 4.78 is 27.1. The van der Waals surface area contributed by atoms with Gasteiger partial charge in [0, 0.05) is 24.0 Å². The number of nitrogens with one attached hydrogen (secondary N) is 1. The van der Waals surface area contributed by atoms with Gasteiger partial charge >= 0.3 is 0 Å². The second-order valence-corrected chi connectivity index (χ2v) is 10.6. The molecule has 1 N–H and O–H groups in total. The van der Waals surface area contributed by atoms with Gasteiger partial charge in [0.05, 0.1) is 5.25 Å². The van der Waals surface area contributed by atoms with E-state index in [1.54, 1.807) is 13.8 Å². The van der Waals surface area contributed by atoms with Gasteiger partial charge in [0.25, 0.3) is 0 Å². The number of carbonyl (C=O) groups excluding carboxylic acids is 1. The largest absolute Gasteiger partial charge is 0.301 e. The molecule has 1 aliphatic heterocycles. The highest BCUT2D eigenvalue weighted by molar-refractivity contribution is 7.90. The Morgan fingerprint density at radius 2 is 1.54 bits per heavy atom. The zero-order valence-corrected chi connectivity index (χ0v) is 17.9. The third kappa shape index (κ3) is 5.42. The number of carbonyl (C=O) groups is 1. The fraction of sp³-hybridized carbons (Fsp3) is 0.947. The molecule has 1 aliphatic carbocycles. The van der Waals surface area contributed by atoms with E-state index < -0.39 is 21.2 Å². The van der Waals surface area contributed by atoms with Crippen molar-refractivity contribution < 1.29 is 13.2 Å². The lowest BCUT2D eigenvalue weighted by atomic mass is 9.88. The SMILES string of the molecule is CC(C)C(=O)NS(=O)(=O)C1CCN(C2CCC(N(C)C(C)C)CC2)CC1. The predicted molar refractivity (Wildman–Crippen MR) is 105 cm³/mol. The monoisotopic (exact) mass is 387 g/mol. The Hall–Kier alpha value is -0.660. The number of piperidine rings is 1. The number of likely N-dealkylation sites (tertiary alicyclic amines) is 1. The second-order valence-electron chi connectivity index (χ2n) is 8.62. The number of sulfonamides is 1. The molecule has 1 heterocycles. The van der Waals surface area contributed by atoms with Crippen LogP contribution in [0.5, 0.6) is 0 Å². The molecule has 7 heteroatoms. The van der Waals surface area contributed by atoms with E-state index >= 15 is 0 Å². The Morgan fingerprint density at radius 3 is 2.00 bits per heavy atom. The van der Waals surface area contributed by atoms with Crippen LogP contribution in [0.2, 0.25) is 0 Å². The molecule has 2 rings (SSSR count). The van der Waals surface area contributed by atoms with Crippen LogP contribution < -0.4 is 4.72 Å². The van der Waals surface area contributed by atoms with Crippen LogP contribution >= 0.6 is 0 Å². The lowest BCUT2D eigenvalue weighted by Gasteiger charge is -2.43. The number of hydrogen-bond donors (Lipinski definition) is 1. The maximum atomic E-state index is 12.4. The van der Waals surface area contributed by atoms with E-state index in [9.17, 15) is 13.2 Å². The van der Waals surface area contributed by atoms with Crippen molar-refractivity contribution in [2.45, 2.75) is 89.6 Å². The molecule has 0 spiro atoms. The van der Waals surface area contributed by atoms with Crippen molar-refractivity contribution in [2.24, 2.45) is 5.92 Å². The summed E-state index contributed by atoms with van der Waals surface area (Å²) in [6.45, 7) is 9.54. The molecule has 2 aliphatic rings. The topological polar surface area (TPSA) is 69.7 Å². The number of nitrogens with zero attached hydrogens (tertiary/aromatic N) is 2. The summed E-state index contributed by atoms with van der Waals surface area (Å²) in [6.07, 6.45) is 6.08. The van der Waals surface area contributed by atoms with Gasteiger partial charge in [-0.05, 0) is 72.5 Å². The predicted octanol–water partition coefficient (Wildman–Crippen LogP) is 2.20. The maximum absolute atomic E-state index is 12.4. The number of hydrogen-bond acceptors (Lipinski definition) is 5. The Bertz CT molecular complexity index is 561. The zero-order valence-electron chi connectivity index (χ0n) is 17.1. The standard InChI is InChI=1S/C19H37N3O3S/c1-14(2)19(23)20-26(24,25)18-10-12-22(13-11-18)17-8-6-16(7-9-17)21(5)15(3)4/h14-18H,6-13H2,1-5H3,(H,20,23). The third-order valence-corrected chi connectivity index (χ3v) is 8.09. The van der Waals surface area contributed by atoms with Gasteiger partial charge in [-0.1, -0.05) is 13.8 Å². The third-order valence-electron chi connectivity index (χ3n) is 6.26. The molecule has 0 aromatic rings. The minimum atomic E-state index is -3.54. The van der Waals surface area contributed by atoms with Crippen LogP contribution in [0.4, 0.5) is 0 Å². The van der Waals surface area contributed by atoms with Crippen LogP contribution in [0.3, 0.4) is 0 Å². The van der Waals surface area contributed by atoms with Crippen molar-refractivity contribution in [3.05, 3.63) is 0 Å². The first-order chi connectivity index (χ1) is 12.1. The van der Waals surface area contributed by atoms with Gasteiger partial charge in [0.1, 0.15) is 0 Å². The molecule has 0 aromatic heterocycles. The fourth-order valence-corrected chi connectivity index (χ4v) is 5.66. The van der Waals surface area contributed by atoms with Crippen molar-refractivity contribution in [2.75, 3.05) is 20.1 Å². The summed E-state index contributed by atoms with van der Waals surface area (Å²) in [4.78, 5) is 16.7. The van der Waals surface area contributed by atoms with E-state index in [-0.39, 0.29) is 5.92 Å². The average molecular weight is 388 g/mol. The van der Waals surface area contributed by atoms with Gasteiger partial charge in [0.2, 0.25) is 15.9 Å². The van der Waals surface area contributed by atoms with Gasteiger partial charge in [-0.15, -0.1) is 0 Å². The molecular weight excluding hydrogens is 350 g/mol. The van der Waals surface area contributed by atoms with E-state index in [0.29, 0.717) is 31.0 Å². The van der Waals surface area contributed by atoms with Gasteiger partial charge in [-0.3, -0.25) is 9.52 Å². The molecule has 0 radical (unpaired) electrons. The quantitative estimate of drug-likeness (QED) is 0.757. The van der Waals surface area contributed by atoms with Gasteiger partial charge in [-0.2, -0.15) is 0 Å². The highest BCUT2D eigenvalue weighted by Gasteiger charge is 2.35. The Labute approximate surface area is 159 Å². The molecule has 0 atom stereocenters. The van der Waals surface area contributed by atoms with Crippen LogP contribution in [-0.2, 0) is 14.8 Å². The second kappa shape index (κ2) is 9.02. The van der Waals surface area contributed by atoms with Crippen LogP contribution in [0.25, 0.3) is 0 Å². The van der Waals surface area contributed by atoms with E-state index in [2.05, 4.69) is 35.4 Å². The number of rotatable bonds is 6. The van der Waals surface area contributed by atoms with E-state index in [0.717, 1.165) is 13.1 Å². The van der Waals surface area contributed by atoms with Crippen molar-refractivity contribution >= 4 is 15.9 Å². The Balaban J connectivity index is 1.81. The van der Waals surface area contributed by atoms with E-state index in [1.165, 1.54) is 25.7 Å². The first kappa shape index (κ1) is 21.6. The molecule has 152 valence electrons. The molecular formula is C19H37N3O3S. The summed E-state index contributed by atoms with van der Waals surface area (Å²) in [5.41, 5.74) is 0. The smallest absolute Gasteiger partial charge is 0.237 e. The van der Waals surface area contributed by atoms with Crippen LogP contribution in [0.1, 0.15) is 66.2 Å². The normalized spacial score (nSPS) is 26.6. The van der Waals surface area contributed by atoms with E-state index in [4.69, 9.17) is 0 Å². The van der Waals surface area contributed by atoms with Crippen molar-refractivity contribution in [3.8, 4) is 0 Å². The fourth-order valence-electron chi connectivity index (χ4n) is 4.14. The zero-order chi connectivity index (χ0) is 19.5. The van der Waals surface area contributed by atoms with Crippen LogP contribution in [0, 0.1) is 5.92 Å². The summed E-state index contributed by atoms with van der Waals surface area (Å²) >= 11 is 0. The molecule has 26 heavy (non-hydrogen) atoms. The molecule has 0 unspecified atom stereocenters. The summed E-state index contributed by atoms with van der Waals surface area (Å²) in [7, 11) is -1.32. The highest BCUT2D eigenvalue weighted by atomic mass is 32.2. The van der Waals surface area contributed by atoms with Crippen molar-refractivity contribution in [1.82, 2.24) is 14.5 Å². The minimum Gasteiger partial charge on any atom is -0.301 e. The molecule has 0 bridgehead atoms. The minimum absolute atomic E-state index is 0.316. The van der Waals surface area contributed by atoms with Gasteiger partial charge < -0.3 is 9.80 Å². The van der Waals surface area contributed by atoms with Crippen molar-refractivity contribution in [1.29, 1.82) is 0 Å². The summed E-state index contributed by atoms with van der Waals surface area (Å²) in [6, 6.07) is 1.84. The molecule has 0 aromatic carbocycles. The Kier molecular flexibility index (Phi) is 7.51. The maximum Gasteiger partial charge on any atom is 0.237 e. The van der Waals surface area contributed by atoms with Crippen LogP contribution in [-0.4, -0.2) is 67.6 Å². The molecule has 2 fully saturated rings. The van der Waals surface area contributed by atoms with E-state index in [1.807, 2.05) is 0 Å². The van der Waals surface area contributed by atoms with Crippen LogP contribution in [0.15, 0.2) is 0 Å². The average Bonchev–Trinajstić information content (AvgIpc) is 2.60. The van der Waals surface area contributed by atoms with Crippen molar-refractivity contribution in [3.63, 3.8) is 0 Å². The molecule has 1 amide bonds. The molecule has 6 nitrogen and oxygen atoms in total. The summed E-state index contributed by atoms with van der Waals surface area (Å²) in [5, 5.41) is -0.440. The summed E-state index contributed by atoms with van der Waals surface area (Å²) in [5.74, 6) is -0.718. The van der Waals surface area contributed by atoms with Gasteiger partial charge in [-0.25, -0.2) is 8.42 Å². The first-order valence-electron chi connectivity index (χ1n) is 10.1. The van der Waals surface area contributed by atoms with Gasteiger partial charge in [0.15, 0.2) is 0 Å². The number of amides is 1. The molecule has 1 saturated carbocycles.